The van der Waals surface area contributed by atoms with Crippen LogP contribution >= 0.6 is 0 Å². The van der Waals surface area contributed by atoms with Crippen LogP contribution in [0.3, 0.4) is 0 Å². The second-order valence-electron chi connectivity index (χ2n) is 6.14. The Morgan fingerprint density at radius 3 is 2.50 bits per heavy atom. The zero-order valence-electron chi connectivity index (χ0n) is 13.8. The number of sulfonamides is 1. The fourth-order valence-electron chi connectivity index (χ4n) is 2.81. The van der Waals surface area contributed by atoms with Crippen molar-refractivity contribution >= 4 is 21.9 Å². The van der Waals surface area contributed by atoms with Crippen LogP contribution < -0.4 is 0 Å². The van der Waals surface area contributed by atoms with Crippen LogP contribution in [0.1, 0.15) is 19.8 Å². The van der Waals surface area contributed by atoms with Crippen molar-refractivity contribution in [2.45, 2.75) is 30.7 Å². The highest BCUT2D eigenvalue weighted by molar-refractivity contribution is 7.89. The molecule has 0 aliphatic carbocycles. The molecule has 2 rings (SSSR count). The zero-order valence-corrected chi connectivity index (χ0v) is 14.6. The molecule has 1 aliphatic heterocycles. The first-order chi connectivity index (χ1) is 11.2. The monoisotopic (exact) mass is 354 g/mol. The number of rotatable bonds is 5. The van der Waals surface area contributed by atoms with Crippen LogP contribution in [0.5, 0.6) is 0 Å². The first kappa shape index (κ1) is 18.4. The van der Waals surface area contributed by atoms with Gasteiger partial charge in [0.1, 0.15) is 6.04 Å². The SMILES string of the molecule is CC1CCN(C(=O)CN(C)S(=O)(=O)c2ccccc2)C(C(=O)O)C1. The molecule has 0 radical (unpaired) electrons. The molecule has 1 aromatic rings. The number of nitrogens with zero attached hydrogens (tertiary/aromatic N) is 2. The molecule has 1 heterocycles. The van der Waals surface area contributed by atoms with Crippen LogP contribution in [-0.4, -0.2) is 60.8 Å². The lowest BCUT2D eigenvalue weighted by Crippen LogP contribution is -2.52. The summed E-state index contributed by atoms with van der Waals surface area (Å²) in [6, 6.07) is 6.94. The maximum absolute atomic E-state index is 12.5. The van der Waals surface area contributed by atoms with Crippen molar-refractivity contribution in [2.75, 3.05) is 20.1 Å². The van der Waals surface area contributed by atoms with Gasteiger partial charge in [0.2, 0.25) is 15.9 Å². The van der Waals surface area contributed by atoms with Crippen LogP contribution in [0.4, 0.5) is 0 Å². The van der Waals surface area contributed by atoms with Crippen LogP contribution in [0.25, 0.3) is 0 Å². The van der Waals surface area contributed by atoms with Gasteiger partial charge < -0.3 is 10.0 Å². The summed E-state index contributed by atoms with van der Waals surface area (Å²) < 4.78 is 25.9. The Balaban J connectivity index is 2.12. The Hall–Kier alpha value is -1.93. The predicted octanol–water partition coefficient (Wildman–Crippen LogP) is 1.02. The predicted molar refractivity (Wildman–Crippen MR) is 87.8 cm³/mol. The van der Waals surface area contributed by atoms with E-state index in [1.165, 1.54) is 24.1 Å². The molecule has 1 amide bonds. The van der Waals surface area contributed by atoms with E-state index in [0.29, 0.717) is 19.4 Å². The summed E-state index contributed by atoms with van der Waals surface area (Å²) >= 11 is 0. The number of likely N-dealkylation sites (tertiary alicyclic amines) is 1. The summed E-state index contributed by atoms with van der Waals surface area (Å²) in [6.07, 6.45) is 1.10. The van der Waals surface area contributed by atoms with Crippen molar-refractivity contribution in [3.05, 3.63) is 30.3 Å². The summed E-state index contributed by atoms with van der Waals surface area (Å²) in [4.78, 5) is 25.2. The van der Waals surface area contributed by atoms with E-state index in [2.05, 4.69) is 0 Å². The minimum Gasteiger partial charge on any atom is -0.480 e. The fraction of sp³-hybridized carbons (Fsp3) is 0.500. The summed E-state index contributed by atoms with van der Waals surface area (Å²) in [5, 5.41) is 9.32. The molecular formula is C16H22N2O5S. The Bertz CT molecular complexity index is 704. The fourth-order valence-corrected chi connectivity index (χ4v) is 3.95. The molecule has 24 heavy (non-hydrogen) atoms. The molecule has 132 valence electrons. The van der Waals surface area contributed by atoms with E-state index in [1.807, 2.05) is 6.92 Å². The van der Waals surface area contributed by atoms with Gasteiger partial charge in [0.25, 0.3) is 0 Å². The van der Waals surface area contributed by atoms with Crippen molar-refractivity contribution in [3.8, 4) is 0 Å². The average Bonchev–Trinajstić information content (AvgIpc) is 2.55. The molecule has 8 heteroatoms. The largest absolute Gasteiger partial charge is 0.480 e. The lowest BCUT2D eigenvalue weighted by atomic mass is 9.92. The van der Waals surface area contributed by atoms with Gasteiger partial charge in [0.05, 0.1) is 11.4 Å². The lowest BCUT2D eigenvalue weighted by molar-refractivity contribution is -0.153. The Kier molecular flexibility index (Phi) is 5.61. The van der Waals surface area contributed by atoms with Gasteiger partial charge >= 0.3 is 5.97 Å². The van der Waals surface area contributed by atoms with Gasteiger partial charge in [-0.15, -0.1) is 0 Å². The Labute approximate surface area is 141 Å². The van der Waals surface area contributed by atoms with Crippen molar-refractivity contribution in [1.82, 2.24) is 9.21 Å². The maximum atomic E-state index is 12.5. The second-order valence-corrected chi connectivity index (χ2v) is 8.19. The molecular weight excluding hydrogens is 332 g/mol. The third-order valence-electron chi connectivity index (χ3n) is 4.28. The van der Waals surface area contributed by atoms with Crippen LogP contribution in [0.2, 0.25) is 0 Å². The van der Waals surface area contributed by atoms with Crippen LogP contribution in [0, 0.1) is 5.92 Å². The number of aliphatic carboxylic acids is 1. The number of carbonyl (C=O) groups excluding carboxylic acids is 1. The van der Waals surface area contributed by atoms with E-state index in [-0.39, 0.29) is 17.4 Å². The van der Waals surface area contributed by atoms with E-state index in [0.717, 1.165) is 4.31 Å². The number of carboxylic acids is 1. The third kappa shape index (κ3) is 3.93. The van der Waals surface area contributed by atoms with Crippen molar-refractivity contribution in [3.63, 3.8) is 0 Å². The van der Waals surface area contributed by atoms with Gasteiger partial charge in [0, 0.05) is 13.6 Å². The molecule has 7 nitrogen and oxygen atoms in total. The highest BCUT2D eigenvalue weighted by Gasteiger charge is 2.36. The maximum Gasteiger partial charge on any atom is 0.326 e. The number of benzene rings is 1. The number of carboxylic acid groups (broad SMARTS) is 1. The first-order valence-corrected chi connectivity index (χ1v) is 9.21. The van der Waals surface area contributed by atoms with Gasteiger partial charge in [-0.25, -0.2) is 13.2 Å². The molecule has 2 unspecified atom stereocenters. The second kappa shape index (κ2) is 7.31. The summed E-state index contributed by atoms with van der Waals surface area (Å²) in [6.45, 7) is 1.90. The van der Waals surface area contributed by atoms with Gasteiger partial charge in [0.15, 0.2) is 0 Å². The first-order valence-electron chi connectivity index (χ1n) is 7.77. The molecule has 1 N–H and O–H groups in total. The molecule has 1 aliphatic rings. The summed E-state index contributed by atoms with van der Waals surface area (Å²) in [5.74, 6) is -1.32. The van der Waals surface area contributed by atoms with Gasteiger partial charge in [-0.3, -0.25) is 4.79 Å². The van der Waals surface area contributed by atoms with Crippen LogP contribution in [-0.2, 0) is 19.6 Å². The topological polar surface area (TPSA) is 95.0 Å². The van der Waals surface area contributed by atoms with E-state index in [9.17, 15) is 23.1 Å². The number of likely N-dealkylation sites (N-methyl/N-ethyl adjacent to an activating group) is 1. The average molecular weight is 354 g/mol. The number of carbonyl (C=O) groups is 2. The van der Waals surface area contributed by atoms with Crippen LogP contribution in [0.15, 0.2) is 35.2 Å². The number of hydrogen-bond acceptors (Lipinski definition) is 4. The van der Waals surface area contributed by atoms with Crippen molar-refractivity contribution < 1.29 is 23.1 Å². The van der Waals surface area contributed by atoms with Gasteiger partial charge in [-0.1, -0.05) is 25.1 Å². The number of hydrogen-bond donors (Lipinski definition) is 1. The highest BCUT2D eigenvalue weighted by Crippen LogP contribution is 2.23. The zero-order chi connectivity index (χ0) is 17.9. The molecule has 0 spiro atoms. The molecule has 1 aromatic carbocycles. The van der Waals surface area contributed by atoms with Gasteiger partial charge in [-0.2, -0.15) is 4.31 Å². The van der Waals surface area contributed by atoms with Crippen molar-refractivity contribution in [2.24, 2.45) is 5.92 Å². The highest BCUT2D eigenvalue weighted by atomic mass is 32.2. The quantitative estimate of drug-likeness (QED) is 0.852. The molecule has 1 saturated heterocycles. The van der Waals surface area contributed by atoms with E-state index < -0.39 is 27.9 Å². The molecule has 0 saturated carbocycles. The van der Waals surface area contributed by atoms with Crippen molar-refractivity contribution in [1.29, 1.82) is 0 Å². The van der Waals surface area contributed by atoms with E-state index in [1.54, 1.807) is 18.2 Å². The minimum atomic E-state index is -3.78. The lowest BCUT2D eigenvalue weighted by Gasteiger charge is -2.36. The minimum absolute atomic E-state index is 0.0994. The molecule has 2 atom stereocenters. The molecule has 0 bridgehead atoms. The molecule has 0 aromatic heterocycles. The third-order valence-corrected chi connectivity index (χ3v) is 6.10. The summed E-state index contributed by atoms with van der Waals surface area (Å²) in [7, 11) is -2.46. The number of amides is 1. The normalized spacial score (nSPS) is 21.7. The van der Waals surface area contributed by atoms with Gasteiger partial charge in [-0.05, 0) is 30.9 Å². The smallest absolute Gasteiger partial charge is 0.326 e. The standard InChI is InChI=1S/C16H22N2O5S/c1-12-8-9-18(14(10-12)16(20)21)15(19)11-17(2)24(22,23)13-6-4-3-5-7-13/h3-7,12,14H,8-11H2,1-2H3,(H,20,21). The number of piperidine rings is 1. The molecule has 1 fully saturated rings. The summed E-state index contributed by atoms with van der Waals surface area (Å²) in [5.41, 5.74) is 0. The Morgan fingerprint density at radius 2 is 1.92 bits per heavy atom. The Morgan fingerprint density at radius 1 is 1.29 bits per heavy atom. The van der Waals surface area contributed by atoms with E-state index >= 15 is 0 Å². The van der Waals surface area contributed by atoms with E-state index in [4.69, 9.17) is 0 Å².